The van der Waals surface area contributed by atoms with E-state index in [0.717, 1.165) is 0 Å². The van der Waals surface area contributed by atoms with Crippen LogP contribution in [0.4, 0.5) is 0 Å². The summed E-state index contributed by atoms with van der Waals surface area (Å²) in [4.78, 5) is 4.59. The van der Waals surface area contributed by atoms with Crippen molar-refractivity contribution in [1.29, 1.82) is 0 Å². The number of hydrogen-bond donors (Lipinski definition) is 0. The van der Waals surface area contributed by atoms with E-state index < -0.39 is 0 Å². The Hall–Kier alpha value is -0.790. The summed E-state index contributed by atoms with van der Waals surface area (Å²) in [5.41, 5.74) is 2.55. The van der Waals surface area contributed by atoms with Crippen molar-refractivity contribution in [3.8, 4) is 0 Å². The van der Waals surface area contributed by atoms with Crippen LogP contribution >= 0.6 is 0 Å². The van der Waals surface area contributed by atoms with Crippen LogP contribution in [0.3, 0.4) is 0 Å². The van der Waals surface area contributed by atoms with Crippen molar-refractivity contribution in [2.24, 2.45) is 7.05 Å². The molecule has 2 heteroatoms. The fourth-order valence-electron chi connectivity index (χ4n) is 1.99. The summed E-state index contributed by atoms with van der Waals surface area (Å²) in [6.45, 7) is 10.9. The highest BCUT2D eigenvalue weighted by Gasteiger charge is 2.15. The summed E-state index contributed by atoms with van der Waals surface area (Å²) >= 11 is 0. The lowest BCUT2D eigenvalue weighted by Crippen LogP contribution is -2.04. The number of nitrogens with zero attached hydrogens (tertiary/aromatic N) is 2. The highest BCUT2D eigenvalue weighted by molar-refractivity contribution is 5.20. The van der Waals surface area contributed by atoms with Gasteiger partial charge in [-0.25, -0.2) is 4.98 Å². The molecule has 0 aromatic carbocycles. The molecule has 0 aliphatic rings. The van der Waals surface area contributed by atoms with Crippen LogP contribution in [-0.2, 0) is 7.05 Å². The van der Waals surface area contributed by atoms with Crippen molar-refractivity contribution < 1.29 is 0 Å². The quantitative estimate of drug-likeness (QED) is 0.684. The number of imidazole rings is 1. The van der Waals surface area contributed by atoms with Crippen LogP contribution in [0.15, 0.2) is 0 Å². The van der Waals surface area contributed by atoms with Crippen LogP contribution in [0.2, 0.25) is 0 Å². The van der Waals surface area contributed by atoms with Gasteiger partial charge in [-0.2, -0.15) is 0 Å². The van der Waals surface area contributed by atoms with Crippen molar-refractivity contribution in [1.82, 2.24) is 9.55 Å². The highest BCUT2D eigenvalue weighted by Crippen LogP contribution is 2.23. The summed E-state index contributed by atoms with van der Waals surface area (Å²) in [7, 11) is 2.12. The molecule has 1 aromatic rings. The molecule has 0 spiro atoms. The van der Waals surface area contributed by atoms with Crippen molar-refractivity contribution >= 4 is 0 Å². The Bertz CT molecular complexity index is 295. The molecule has 13 heavy (non-hydrogen) atoms. The van der Waals surface area contributed by atoms with E-state index in [2.05, 4.69) is 51.2 Å². The first-order chi connectivity index (χ1) is 5.95. The van der Waals surface area contributed by atoms with Gasteiger partial charge in [0.25, 0.3) is 0 Å². The number of aryl methyl sites for hydroxylation is 1. The van der Waals surface area contributed by atoms with Gasteiger partial charge in [0.2, 0.25) is 0 Å². The van der Waals surface area contributed by atoms with E-state index in [9.17, 15) is 0 Å². The maximum atomic E-state index is 4.59. The molecular formula is C11H20N2. The van der Waals surface area contributed by atoms with Crippen LogP contribution < -0.4 is 0 Å². The van der Waals surface area contributed by atoms with Gasteiger partial charge in [-0.3, -0.25) is 0 Å². The van der Waals surface area contributed by atoms with Gasteiger partial charge < -0.3 is 4.57 Å². The smallest absolute Gasteiger partial charge is 0.111 e. The van der Waals surface area contributed by atoms with Gasteiger partial charge in [-0.15, -0.1) is 0 Å². The van der Waals surface area contributed by atoms with Crippen LogP contribution in [0.25, 0.3) is 0 Å². The van der Waals surface area contributed by atoms with Gasteiger partial charge in [0.1, 0.15) is 5.82 Å². The summed E-state index contributed by atoms with van der Waals surface area (Å²) in [6, 6.07) is 0. The Morgan fingerprint density at radius 1 is 1.08 bits per heavy atom. The summed E-state index contributed by atoms with van der Waals surface area (Å²) in [6.07, 6.45) is 0. The van der Waals surface area contributed by atoms with E-state index >= 15 is 0 Å². The molecule has 0 unspecified atom stereocenters. The molecule has 0 bridgehead atoms. The van der Waals surface area contributed by atoms with Crippen molar-refractivity contribution in [2.75, 3.05) is 0 Å². The highest BCUT2D eigenvalue weighted by atomic mass is 15.1. The minimum atomic E-state index is 0.510. The van der Waals surface area contributed by atoms with Gasteiger partial charge in [0, 0.05) is 18.7 Å². The predicted molar refractivity (Wildman–Crippen MR) is 56.1 cm³/mol. The average Bonchev–Trinajstić information content (AvgIpc) is 2.26. The van der Waals surface area contributed by atoms with E-state index in [1.165, 1.54) is 17.2 Å². The molecule has 0 radical (unpaired) electrons. The first-order valence-electron chi connectivity index (χ1n) is 4.98. The molecule has 0 N–H and O–H groups in total. The Morgan fingerprint density at radius 3 is 1.85 bits per heavy atom. The topological polar surface area (TPSA) is 17.8 Å². The summed E-state index contributed by atoms with van der Waals surface area (Å²) in [5.74, 6) is 2.27. The van der Waals surface area contributed by atoms with Crippen molar-refractivity contribution in [2.45, 2.75) is 46.5 Å². The molecule has 0 amide bonds. The molecule has 0 aliphatic heterocycles. The lowest BCUT2D eigenvalue weighted by molar-refractivity contribution is 0.665. The number of rotatable bonds is 2. The summed E-state index contributed by atoms with van der Waals surface area (Å²) in [5, 5.41) is 0. The third kappa shape index (κ3) is 1.77. The molecule has 1 aromatic heterocycles. The zero-order valence-corrected chi connectivity index (χ0v) is 9.55. The third-order valence-electron chi connectivity index (χ3n) is 2.42. The number of aromatic nitrogens is 2. The molecule has 1 heterocycles. The van der Waals surface area contributed by atoms with Crippen molar-refractivity contribution in [3.63, 3.8) is 0 Å². The zero-order valence-electron chi connectivity index (χ0n) is 9.55. The Labute approximate surface area is 81.0 Å². The molecule has 74 valence electrons. The molecular weight excluding hydrogens is 160 g/mol. The number of hydrogen-bond acceptors (Lipinski definition) is 1. The fraction of sp³-hybridized carbons (Fsp3) is 0.727. The van der Waals surface area contributed by atoms with Gasteiger partial charge in [0.15, 0.2) is 0 Å². The van der Waals surface area contributed by atoms with Crippen LogP contribution in [-0.4, -0.2) is 9.55 Å². The molecule has 0 atom stereocenters. The van der Waals surface area contributed by atoms with E-state index in [-0.39, 0.29) is 0 Å². The Morgan fingerprint density at radius 2 is 1.62 bits per heavy atom. The van der Waals surface area contributed by atoms with E-state index in [1.54, 1.807) is 0 Å². The van der Waals surface area contributed by atoms with Gasteiger partial charge in [-0.05, 0) is 12.8 Å². The maximum Gasteiger partial charge on any atom is 0.111 e. The van der Waals surface area contributed by atoms with Crippen molar-refractivity contribution in [3.05, 3.63) is 17.2 Å². The normalized spacial score (nSPS) is 11.7. The van der Waals surface area contributed by atoms with E-state index in [4.69, 9.17) is 0 Å². The van der Waals surface area contributed by atoms with Gasteiger partial charge in [-0.1, -0.05) is 27.7 Å². The lowest BCUT2D eigenvalue weighted by Gasteiger charge is -2.10. The average molecular weight is 180 g/mol. The van der Waals surface area contributed by atoms with E-state index in [1.807, 2.05) is 0 Å². The molecule has 0 fully saturated rings. The minimum absolute atomic E-state index is 0.510. The second-order valence-electron chi connectivity index (χ2n) is 4.31. The molecule has 2 nitrogen and oxygen atoms in total. The minimum Gasteiger partial charge on any atom is -0.334 e. The first-order valence-corrected chi connectivity index (χ1v) is 4.98. The zero-order chi connectivity index (χ0) is 10.2. The summed E-state index contributed by atoms with van der Waals surface area (Å²) < 4.78 is 2.24. The first kappa shape index (κ1) is 10.3. The SMILES string of the molecule is Cc1nc(C(C)C)n(C)c1C(C)C. The van der Waals surface area contributed by atoms with Gasteiger partial charge in [0.05, 0.1) is 5.69 Å². The fourth-order valence-corrected chi connectivity index (χ4v) is 1.99. The Kier molecular flexibility index (Phi) is 2.79. The standard InChI is InChI=1S/C11H20N2/c1-7(2)10-9(5)12-11(8(3)4)13(10)6/h7-8H,1-6H3. The van der Waals surface area contributed by atoms with E-state index in [0.29, 0.717) is 11.8 Å². The van der Waals surface area contributed by atoms with Gasteiger partial charge >= 0.3 is 0 Å². The van der Waals surface area contributed by atoms with Crippen LogP contribution in [0.1, 0.15) is 56.7 Å². The molecule has 1 rings (SSSR count). The second-order valence-corrected chi connectivity index (χ2v) is 4.31. The van der Waals surface area contributed by atoms with Crippen LogP contribution in [0.5, 0.6) is 0 Å². The molecule has 0 saturated heterocycles. The molecule has 0 aliphatic carbocycles. The predicted octanol–water partition coefficient (Wildman–Crippen LogP) is 2.98. The lowest BCUT2D eigenvalue weighted by atomic mass is 10.1. The molecule has 0 saturated carbocycles. The van der Waals surface area contributed by atoms with Crippen LogP contribution in [0, 0.1) is 6.92 Å². The third-order valence-corrected chi connectivity index (χ3v) is 2.42. The largest absolute Gasteiger partial charge is 0.334 e. The second kappa shape index (κ2) is 3.52. The monoisotopic (exact) mass is 180 g/mol. The Balaban J connectivity index is 3.22. The maximum absolute atomic E-state index is 4.59.